The quantitative estimate of drug-likeness (QED) is 0.798. The minimum absolute atomic E-state index is 0.721. The average molecular weight is 238 g/mol. The fraction of sp³-hybridized carbons (Fsp3) is 0.833. The van der Waals surface area contributed by atoms with Crippen LogP contribution in [0.1, 0.15) is 25.1 Å². The summed E-state index contributed by atoms with van der Waals surface area (Å²) >= 11 is 0. The van der Waals surface area contributed by atoms with Gasteiger partial charge in [-0.15, -0.1) is 10.2 Å². The molecule has 17 heavy (non-hydrogen) atoms. The molecule has 0 bridgehead atoms. The third-order valence-electron chi connectivity index (χ3n) is 3.47. The monoisotopic (exact) mass is 238 g/mol. The Morgan fingerprint density at radius 1 is 1.47 bits per heavy atom. The lowest BCUT2D eigenvalue weighted by atomic mass is 9.93. The molecule has 1 aliphatic heterocycles. The highest BCUT2D eigenvalue weighted by atomic mass is 16.5. The minimum atomic E-state index is 0.721. The van der Waals surface area contributed by atoms with Crippen LogP contribution in [0, 0.1) is 5.92 Å². The van der Waals surface area contributed by atoms with Crippen molar-refractivity contribution in [3.05, 3.63) is 12.2 Å². The van der Waals surface area contributed by atoms with Crippen molar-refractivity contribution in [1.82, 2.24) is 20.1 Å². The molecule has 0 radical (unpaired) electrons. The van der Waals surface area contributed by atoms with Crippen LogP contribution in [0.2, 0.25) is 0 Å². The van der Waals surface area contributed by atoms with Gasteiger partial charge in [-0.05, 0) is 38.3 Å². The number of hydrogen-bond donors (Lipinski definition) is 1. The average Bonchev–Trinajstić information content (AvgIpc) is 2.82. The summed E-state index contributed by atoms with van der Waals surface area (Å²) in [6.45, 7) is 3.91. The molecule has 0 unspecified atom stereocenters. The fourth-order valence-electron chi connectivity index (χ4n) is 2.35. The summed E-state index contributed by atoms with van der Waals surface area (Å²) in [6.07, 6.45) is 6.66. The zero-order chi connectivity index (χ0) is 11.9. The Morgan fingerprint density at radius 3 is 3.06 bits per heavy atom. The molecule has 1 aromatic rings. The number of hydrogen-bond acceptors (Lipinski definition) is 4. The Bertz CT molecular complexity index is 320. The molecule has 5 nitrogen and oxygen atoms in total. The molecule has 1 saturated heterocycles. The molecular formula is C12H22N4O. The molecule has 2 rings (SSSR count). The van der Waals surface area contributed by atoms with Crippen molar-refractivity contribution in [1.29, 1.82) is 0 Å². The highest BCUT2D eigenvalue weighted by Crippen LogP contribution is 2.17. The topological polar surface area (TPSA) is 52.0 Å². The van der Waals surface area contributed by atoms with Crippen LogP contribution in [0.15, 0.2) is 6.33 Å². The van der Waals surface area contributed by atoms with Gasteiger partial charge in [-0.25, -0.2) is 0 Å². The van der Waals surface area contributed by atoms with Crippen LogP contribution >= 0.6 is 0 Å². The van der Waals surface area contributed by atoms with E-state index in [1.807, 2.05) is 0 Å². The van der Waals surface area contributed by atoms with E-state index in [2.05, 4.69) is 20.1 Å². The molecule has 0 saturated carbocycles. The van der Waals surface area contributed by atoms with E-state index >= 15 is 0 Å². The minimum Gasteiger partial charge on any atom is -0.383 e. The van der Waals surface area contributed by atoms with Gasteiger partial charge in [-0.1, -0.05) is 0 Å². The Kier molecular flexibility index (Phi) is 4.94. The van der Waals surface area contributed by atoms with Crippen LogP contribution in [-0.2, 0) is 17.7 Å². The lowest BCUT2D eigenvalue weighted by molar-refractivity contribution is 0.186. The zero-order valence-electron chi connectivity index (χ0n) is 10.6. The Hall–Kier alpha value is -0.940. The van der Waals surface area contributed by atoms with Gasteiger partial charge in [0.1, 0.15) is 12.2 Å². The molecule has 1 fully saturated rings. The maximum atomic E-state index is 5.08. The van der Waals surface area contributed by atoms with Gasteiger partial charge in [0.05, 0.1) is 6.61 Å². The van der Waals surface area contributed by atoms with Gasteiger partial charge in [0.2, 0.25) is 0 Å². The molecule has 5 heteroatoms. The normalized spacial score (nSPS) is 17.5. The third-order valence-corrected chi connectivity index (χ3v) is 3.47. The molecule has 0 amide bonds. The number of piperidine rings is 1. The first-order valence-corrected chi connectivity index (χ1v) is 6.46. The summed E-state index contributed by atoms with van der Waals surface area (Å²) in [5.74, 6) is 1.95. The van der Waals surface area contributed by atoms with E-state index in [9.17, 15) is 0 Å². The second-order valence-corrected chi connectivity index (χ2v) is 4.67. The Balaban J connectivity index is 1.79. The summed E-state index contributed by atoms with van der Waals surface area (Å²) in [7, 11) is 1.72. The van der Waals surface area contributed by atoms with Gasteiger partial charge >= 0.3 is 0 Å². The molecule has 0 aliphatic carbocycles. The first-order chi connectivity index (χ1) is 8.40. The highest BCUT2D eigenvalue weighted by Gasteiger charge is 2.14. The van der Waals surface area contributed by atoms with Crippen LogP contribution < -0.4 is 5.32 Å². The first-order valence-electron chi connectivity index (χ1n) is 6.46. The van der Waals surface area contributed by atoms with Crippen LogP contribution in [0.3, 0.4) is 0 Å². The zero-order valence-corrected chi connectivity index (χ0v) is 10.6. The number of nitrogens with zero attached hydrogens (tertiary/aromatic N) is 3. The van der Waals surface area contributed by atoms with Gasteiger partial charge in [-0.2, -0.15) is 0 Å². The number of aromatic nitrogens is 3. The highest BCUT2D eigenvalue weighted by molar-refractivity contribution is 4.87. The van der Waals surface area contributed by atoms with Crippen molar-refractivity contribution < 1.29 is 4.74 Å². The molecular weight excluding hydrogens is 216 g/mol. The van der Waals surface area contributed by atoms with E-state index in [0.717, 1.165) is 31.3 Å². The summed E-state index contributed by atoms with van der Waals surface area (Å²) < 4.78 is 7.18. The molecule has 1 aliphatic rings. The lowest BCUT2D eigenvalue weighted by Crippen LogP contribution is -2.28. The second-order valence-electron chi connectivity index (χ2n) is 4.67. The number of aryl methyl sites for hydroxylation is 1. The van der Waals surface area contributed by atoms with Crippen molar-refractivity contribution in [3.8, 4) is 0 Å². The fourth-order valence-corrected chi connectivity index (χ4v) is 2.35. The van der Waals surface area contributed by atoms with E-state index in [4.69, 9.17) is 4.74 Å². The van der Waals surface area contributed by atoms with E-state index in [1.165, 1.54) is 32.4 Å². The second kappa shape index (κ2) is 6.71. The lowest BCUT2D eigenvalue weighted by Gasteiger charge is -2.22. The Morgan fingerprint density at radius 2 is 2.29 bits per heavy atom. The van der Waals surface area contributed by atoms with Gasteiger partial charge in [0.25, 0.3) is 0 Å². The Labute approximate surface area is 103 Å². The van der Waals surface area contributed by atoms with Gasteiger partial charge in [0.15, 0.2) is 0 Å². The maximum Gasteiger partial charge on any atom is 0.132 e. The smallest absolute Gasteiger partial charge is 0.132 e. The van der Waals surface area contributed by atoms with E-state index < -0.39 is 0 Å². The SMILES string of the molecule is COCCn1cnnc1CCC1CCNCC1. The molecule has 1 N–H and O–H groups in total. The van der Waals surface area contributed by atoms with Gasteiger partial charge < -0.3 is 14.6 Å². The van der Waals surface area contributed by atoms with Crippen LogP contribution in [-0.4, -0.2) is 41.6 Å². The van der Waals surface area contributed by atoms with E-state index in [0.29, 0.717) is 0 Å². The van der Waals surface area contributed by atoms with Gasteiger partial charge in [0, 0.05) is 20.1 Å². The van der Waals surface area contributed by atoms with Crippen molar-refractivity contribution >= 4 is 0 Å². The summed E-state index contributed by atoms with van der Waals surface area (Å²) in [5.41, 5.74) is 0. The number of nitrogens with one attached hydrogen (secondary N) is 1. The maximum absolute atomic E-state index is 5.08. The van der Waals surface area contributed by atoms with Crippen molar-refractivity contribution in [3.63, 3.8) is 0 Å². The summed E-state index contributed by atoms with van der Waals surface area (Å²) in [4.78, 5) is 0. The molecule has 2 heterocycles. The summed E-state index contributed by atoms with van der Waals surface area (Å²) in [6, 6.07) is 0. The van der Waals surface area contributed by atoms with E-state index in [-0.39, 0.29) is 0 Å². The predicted molar refractivity (Wildman–Crippen MR) is 65.8 cm³/mol. The standard InChI is InChI=1S/C12H22N4O/c1-17-9-8-16-10-14-15-12(16)3-2-11-4-6-13-7-5-11/h10-11,13H,2-9H2,1H3. The van der Waals surface area contributed by atoms with Crippen LogP contribution in [0.4, 0.5) is 0 Å². The summed E-state index contributed by atoms with van der Waals surface area (Å²) in [5, 5.41) is 11.6. The first kappa shape index (κ1) is 12.5. The molecule has 0 aromatic carbocycles. The predicted octanol–water partition coefficient (Wildman–Crippen LogP) is 0.857. The third kappa shape index (κ3) is 3.78. The van der Waals surface area contributed by atoms with Crippen LogP contribution in [0.5, 0.6) is 0 Å². The number of rotatable bonds is 6. The molecule has 0 atom stereocenters. The number of ether oxygens (including phenoxy) is 1. The largest absolute Gasteiger partial charge is 0.383 e. The van der Waals surface area contributed by atoms with Crippen molar-refractivity contribution in [2.24, 2.45) is 5.92 Å². The van der Waals surface area contributed by atoms with Gasteiger partial charge in [-0.3, -0.25) is 0 Å². The van der Waals surface area contributed by atoms with Crippen LogP contribution in [0.25, 0.3) is 0 Å². The molecule has 0 spiro atoms. The van der Waals surface area contributed by atoms with Crippen molar-refractivity contribution in [2.45, 2.75) is 32.2 Å². The van der Waals surface area contributed by atoms with Crippen molar-refractivity contribution in [2.75, 3.05) is 26.8 Å². The number of methoxy groups -OCH3 is 1. The van der Waals surface area contributed by atoms with E-state index in [1.54, 1.807) is 13.4 Å². The molecule has 1 aromatic heterocycles. The molecule has 96 valence electrons.